The van der Waals surface area contributed by atoms with Crippen LogP contribution in [0, 0.1) is 0 Å². The maximum absolute atomic E-state index is 13.1. The summed E-state index contributed by atoms with van der Waals surface area (Å²) < 4.78 is 66.4. The van der Waals surface area contributed by atoms with E-state index in [1.165, 1.54) is 0 Å². The zero-order chi connectivity index (χ0) is 18.7. The molecule has 0 amide bonds. The van der Waals surface area contributed by atoms with Gasteiger partial charge in [0.25, 0.3) is 0 Å². The Hall–Kier alpha value is -1.57. The number of nitrogens with one attached hydrogen (secondary N) is 1. The highest BCUT2D eigenvalue weighted by molar-refractivity contribution is 7.89. The molecule has 0 aliphatic heterocycles. The molecule has 8 heteroatoms. The summed E-state index contributed by atoms with van der Waals surface area (Å²) in [6.07, 6.45) is -3.75. The Bertz CT molecular complexity index is 824. The molecule has 136 valence electrons. The van der Waals surface area contributed by atoms with Gasteiger partial charge in [0.15, 0.2) is 0 Å². The van der Waals surface area contributed by atoms with Crippen molar-refractivity contribution in [1.29, 1.82) is 0 Å². The van der Waals surface area contributed by atoms with Gasteiger partial charge < -0.3 is 0 Å². The fourth-order valence-corrected chi connectivity index (χ4v) is 4.03. The highest BCUT2D eigenvalue weighted by Crippen LogP contribution is 2.35. The summed E-state index contributed by atoms with van der Waals surface area (Å²) in [5.41, 5.74) is -0.251. The second-order valence-corrected chi connectivity index (χ2v) is 7.80. The van der Waals surface area contributed by atoms with Gasteiger partial charge in [-0.3, -0.25) is 0 Å². The van der Waals surface area contributed by atoms with Crippen LogP contribution in [0.3, 0.4) is 0 Å². The molecule has 2 aromatic rings. The second kappa shape index (κ2) is 7.76. The van der Waals surface area contributed by atoms with E-state index < -0.39 is 32.7 Å². The van der Waals surface area contributed by atoms with E-state index in [1.54, 1.807) is 6.92 Å². The number of sulfonamides is 1. The Morgan fingerprint density at radius 3 is 2.36 bits per heavy atom. The van der Waals surface area contributed by atoms with Gasteiger partial charge in [-0.25, -0.2) is 13.1 Å². The van der Waals surface area contributed by atoms with Gasteiger partial charge in [-0.2, -0.15) is 13.2 Å². The van der Waals surface area contributed by atoms with Crippen molar-refractivity contribution in [1.82, 2.24) is 4.72 Å². The average Bonchev–Trinajstić information content (AvgIpc) is 2.52. The van der Waals surface area contributed by atoms with E-state index in [0.29, 0.717) is 18.9 Å². The lowest BCUT2D eigenvalue weighted by Gasteiger charge is -2.17. The van der Waals surface area contributed by atoms with Crippen molar-refractivity contribution < 1.29 is 21.6 Å². The SMILES string of the molecule is C[C@@H](CCc1ccccc1)NS(=O)(=O)c1ccc(Cl)cc1C(F)(F)F. The number of hydrogen-bond acceptors (Lipinski definition) is 2. The predicted molar refractivity (Wildman–Crippen MR) is 91.0 cm³/mol. The molecular weight excluding hydrogens is 375 g/mol. The van der Waals surface area contributed by atoms with E-state index in [0.717, 1.165) is 17.7 Å². The van der Waals surface area contributed by atoms with Gasteiger partial charge in [0.2, 0.25) is 10.0 Å². The highest BCUT2D eigenvalue weighted by atomic mass is 35.5. The largest absolute Gasteiger partial charge is 0.417 e. The minimum absolute atomic E-state index is 0.177. The van der Waals surface area contributed by atoms with Crippen molar-refractivity contribution >= 4 is 21.6 Å². The lowest BCUT2D eigenvalue weighted by atomic mass is 10.1. The van der Waals surface area contributed by atoms with Crippen LogP contribution >= 0.6 is 11.6 Å². The van der Waals surface area contributed by atoms with Crippen LogP contribution in [-0.4, -0.2) is 14.5 Å². The predicted octanol–water partition coefficient (Wildman–Crippen LogP) is 4.66. The van der Waals surface area contributed by atoms with Crippen LogP contribution < -0.4 is 4.72 Å². The zero-order valence-corrected chi connectivity index (χ0v) is 14.9. The Kier molecular flexibility index (Phi) is 6.13. The van der Waals surface area contributed by atoms with Crippen molar-refractivity contribution in [3.05, 3.63) is 64.7 Å². The molecule has 0 aliphatic carbocycles. The van der Waals surface area contributed by atoms with E-state index in [-0.39, 0.29) is 5.02 Å². The Balaban J connectivity index is 2.16. The monoisotopic (exact) mass is 391 g/mol. The molecule has 2 aromatic carbocycles. The van der Waals surface area contributed by atoms with Crippen LogP contribution in [0.1, 0.15) is 24.5 Å². The summed E-state index contributed by atoms with van der Waals surface area (Å²) in [5, 5.41) is -0.177. The van der Waals surface area contributed by atoms with E-state index in [4.69, 9.17) is 11.6 Å². The Morgan fingerprint density at radius 2 is 1.76 bits per heavy atom. The quantitative estimate of drug-likeness (QED) is 0.778. The molecule has 0 unspecified atom stereocenters. The lowest BCUT2D eigenvalue weighted by molar-refractivity contribution is -0.139. The van der Waals surface area contributed by atoms with Gasteiger partial charge in [0, 0.05) is 11.1 Å². The zero-order valence-electron chi connectivity index (χ0n) is 13.3. The van der Waals surface area contributed by atoms with E-state index in [1.807, 2.05) is 30.3 Å². The first kappa shape index (κ1) is 19.8. The average molecular weight is 392 g/mol. The summed E-state index contributed by atoms with van der Waals surface area (Å²) in [4.78, 5) is -0.823. The van der Waals surface area contributed by atoms with Crippen molar-refractivity contribution in [3.63, 3.8) is 0 Å². The number of rotatable bonds is 6. The molecule has 0 fully saturated rings. The van der Waals surface area contributed by atoms with Crippen LogP contribution in [0.25, 0.3) is 0 Å². The normalized spacial score (nSPS) is 13.6. The first-order valence-corrected chi connectivity index (χ1v) is 9.39. The maximum atomic E-state index is 13.1. The smallest absolute Gasteiger partial charge is 0.208 e. The first-order chi connectivity index (χ1) is 11.6. The standard InChI is InChI=1S/C17H17ClF3NO2S/c1-12(7-8-13-5-3-2-4-6-13)22-25(23,24)16-10-9-14(18)11-15(16)17(19,20)21/h2-6,9-12,22H,7-8H2,1H3/t12-/m0/s1. The van der Waals surface area contributed by atoms with Crippen LogP contribution in [0.2, 0.25) is 5.02 Å². The van der Waals surface area contributed by atoms with Gasteiger partial charge in [-0.15, -0.1) is 0 Å². The third kappa shape index (κ3) is 5.45. The van der Waals surface area contributed by atoms with E-state index in [9.17, 15) is 21.6 Å². The number of hydrogen-bond donors (Lipinski definition) is 1. The van der Waals surface area contributed by atoms with Crippen molar-refractivity contribution in [2.24, 2.45) is 0 Å². The summed E-state index contributed by atoms with van der Waals surface area (Å²) >= 11 is 5.58. The van der Waals surface area contributed by atoms with Crippen LogP contribution in [0.5, 0.6) is 0 Å². The van der Waals surface area contributed by atoms with Gasteiger partial charge in [0.05, 0.1) is 10.5 Å². The molecule has 2 rings (SSSR count). The van der Waals surface area contributed by atoms with E-state index in [2.05, 4.69) is 4.72 Å². The minimum Gasteiger partial charge on any atom is -0.208 e. The molecule has 3 nitrogen and oxygen atoms in total. The third-order valence-electron chi connectivity index (χ3n) is 3.60. The molecule has 1 N–H and O–H groups in total. The summed E-state index contributed by atoms with van der Waals surface area (Å²) in [6, 6.07) is 11.5. The van der Waals surface area contributed by atoms with Gasteiger partial charge in [-0.1, -0.05) is 41.9 Å². The molecule has 25 heavy (non-hydrogen) atoms. The van der Waals surface area contributed by atoms with Crippen molar-refractivity contribution in [2.75, 3.05) is 0 Å². The number of aryl methyl sites for hydroxylation is 1. The van der Waals surface area contributed by atoms with Crippen molar-refractivity contribution in [3.8, 4) is 0 Å². The summed E-state index contributed by atoms with van der Waals surface area (Å²) in [7, 11) is -4.32. The number of alkyl halides is 3. The molecule has 0 heterocycles. The first-order valence-electron chi connectivity index (χ1n) is 7.52. The molecule has 0 bridgehead atoms. The fraction of sp³-hybridized carbons (Fsp3) is 0.294. The van der Waals surface area contributed by atoms with Gasteiger partial charge in [0.1, 0.15) is 0 Å². The number of benzene rings is 2. The lowest BCUT2D eigenvalue weighted by Crippen LogP contribution is -2.34. The van der Waals surface area contributed by atoms with Crippen molar-refractivity contribution in [2.45, 2.75) is 36.9 Å². The van der Waals surface area contributed by atoms with Crippen LogP contribution in [0.15, 0.2) is 53.4 Å². The Labute approximate surface area is 149 Å². The second-order valence-electron chi connectivity index (χ2n) is 5.68. The van der Waals surface area contributed by atoms with E-state index >= 15 is 0 Å². The summed E-state index contributed by atoms with van der Waals surface area (Å²) in [6.45, 7) is 1.61. The topological polar surface area (TPSA) is 46.2 Å². The fourth-order valence-electron chi connectivity index (χ4n) is 2.37. The molecule has 0 aromatic heterocycles. The van der Waals surface area contributed by atoms with Gasteiger partial charge in [-0.05, 0) is 43.5 Å². The van der Waals surface area contributed by atoms with Crippen LogP contribution in [0.4, 0.5) is 13.2 Å². The Morgan fingerprint density at radius 1 is 1.12 bits per heavy atom. The summed E-state index contributed by atoms with van der Waals surface area (Å²) in [5.74, 6) is 0. The molecule has 0 aliphatic rings. The highest BCUT2D eigenvalue weighted by Gasteiger charge is 2.37. The molecule has 0 radical (unpaired) electrons. The molecule has 0 saturated carbocycles. The minimum atomic E-state index is -4.82. The third-order valence-corrected chi connectivity index (χ3v) is 5.48. The molecule has 0 spiro atoms. The molecule has 1 atom stereocenters. The molecule has 0 saturated heterocycles. The molecular formula is C17H17ClF3NO2S. The number of halogens is 4. The van der Waals surface area contributed by atoms with Gasteiger partial charge >= 0.3 is 6.18 Å². The van der Waals surface area contributed by atoms with Crippen LogP contribution in [-0.2, 0) is 22.6 Å². The maximum Gasteiger partial charge on any atom is 0.417 e.